The summed E-state index contributed by atoms with van der Waals surface area (Å²) in [5, 5.41) is 0. The van der Waals surface area contributed by atoms with Crippen molar-refractivity contribution < 1.29 is 16.8 Å². The summed E-state index contributed by atoms with van der Waals surface area (Å²) in [5.74, 6) is 0. The molecule has 0 fully saturated rings. The molecule has 0 saturated carbocycles. The lowest BCUT2D eigenvalue weighted by Crippen LogP contribution is -2.15. The Morgan fingerprint density at radius 3 is 1.40 bits per heavy atom. The Morgan fingerprint density at radius 1 is 0.750 bits per heavy atom. The lowest BCUT2D eigenvalue weighted by atomic mass is 9.94. The molecule has 0 N–H and O–H groups in total. The van der Waals surface area contributed by atoms with E-state index in [0.717, 1.165) is 12.5 Å². The van der Waals surface area contributed by atoms with E-state index in [1.807, 2.05) is 0 Å². The van der Waals surface area contributed by atoms with E-state index in [9.17, 15) is 16.8 Å². The van der Waals surface area contributed by atoms with Crippen molar-refractivity contribution in [1.82, 2.24) is 0 Å². The molecule has 0 unspecified atom stereocenters. The first kappa shape index (κ1) is 14.6. The summed E-state index contributed by atoms with van der Waals surface area (Å²) >= 11 is 0. The van der Waals surface area contributed by atoms with Crippen LogP contribution in [0.15, 0.2) is 45.2 Å². The van der Waals surface area contributed by atoms with Crippen molar-refractivity contribution in [3.8, 4) is 0 Å². The van der Waals surface area contributed by atoms with Gasteiger partial charge in [0.2, 0.25) is 0 Å². The maximum absolute atomic E-state index is 11.3. The number of nitrogens with zero attached hydrogens (tertiary/aromatic N) is 2. The topological polar surface area (TPSA) is 93.0 Å². The predicted octanol–water partition coefficient (Wildman–Crippen LogP) is 0.754. The molecule has 1 aliphatic carbocycles. The van der Waals surface area contributed by atoms with Gasteiger partial charge in [0.1, 0.15) is 0 Å². The molecule has 2 rings (SSSR count). The van der Waals surface area contributed by atoms with Crippen LogP contribution < -0.4 is 0 Å². The molecule has 0 radical (unpaired) electrons. The fraction of sp³-hybridized carbons (Fsp3) is 0.167. The molecule has 0 aliphatic heterocycles. The normalized spacial score (nSPS) is 19.3. The quantitative estimate of drug-likeness (QED) is 0.805. The zero-order chi connectivity index (χ0) is 15.0. The van der Waals surface area contributed by atoms with Gasteiger partial charge < -0.3 is 0 Å². The van der Waals surface area contributed by atoms with Crippen LogP contribution in [0.5, 0.6) is 0 Å². The van der Waals surface area contributed by atoms with Crippen LogP contribution in [-0.4, -0.2) is 40.8 Å². The highest BCUT2D eigenvalue weighted by Crippen LogP contribution is 2.19. The molecule has 0 aromatic heterocycles. The summed E-state index contributed by atoms with van der Waals surface area (Å²) in [7, 11) is -7.08. The van der Waals surface area contributed by atoms with Gasteiger partial charge in [-0.25, -0.2) is 16.8 Å². The number of benzene rings is 1. The van der Waals surface area contributed by atoms with Crippen molar-refractivity contribution in [2.75, 3.05) is 12.5 Å². The first-order valence-corrected chi connectivity index (χ1v) is 9.23. The maximum atomic E-state index is 11.3. The van der Waals surface area contributed by atoms with Gasteiger partial charge in [-0.1, -0.05) is 24.3 Å². The molecule has 0 heterocycles. The first-order chi connectivity index (χ1) is 9.16. The zero-order valence-electron chi connectivity index (χ0n) is 10.8. The Bertz CT molecular complexity index is 776. The Morgan fingerprint density at radius 2 is 1.10 bits per heavy atom. The number of fused-ring (bicyclic) bond motifs is 1. The van der Waals surface area contributed by atoms with Crippen LogP contribution in [0.3, 0.4) is 0 Å². The lowest BCUT2D eigenvalue weighted by Gasteiger charge is -2.13. The molecule has 1 aromatic carbocycles. The van der Waals surface area contributed by atoms with E-state index in [1.54, 1.807) is 24.3 Å². The Labute approximate surface area is 117 Å². The van der Waals surface area contributed by atoms with Gasteiger partial charge in [0.15, 0.2) is 0 Å². The van der Waals surface area contributed by atoms with Gasteiger partial charge in [-0.2, -0.15) is 8.80 Å². The molecule has 8 heteroatoms. The predicted molar refractivity (Wildman–Crippen MR) is 78.3 cm³/mol. The Balaban J connectivity index is 2.69. The van der Waals surface area contributed by atoms with Crippen LogP contribution >= 0.6 is 0 Å². The highest BCUT2D eigenvalue weighted by molar-refractivity contribution is 7.89. The molecule has 1 aromatic rings. The third-order valence-corrected chi connectivity index (χ3v) is 3.46. The smallest absolute Gasteiger partial charge is 0.205 e. The van der Waals surface area contributed by atoms with Gasteiger partial charge in [-0.15, -0.1) is 0 Å². The van der Waals surface area contributed by atoms with Gasteiger partial charge >= 0.3 is 0 Å². The molecule has 0 atom stereocenters. The zero-order valence-corrected chi connectivity index (χ0v) is 12.4. The Hall–Kier alpha value is -1.80. The van der Waals surface area contributed by atoms with Gasteiger partial charge in [0.05, 0.1) is 23.9 Å². The molecule has 0 amide bonds. The van der Waals surface area contributed by atoms with Crippen LogP contribution in [0, 0.1) is 0 Å². The summed E-state index contributed by atoms with van der Waals surface area (Å²) in [6.07, 6.45) is 4.87. The molecule has 0 spiro atoms. The lowest BCUT2D eigenvalue weighted by molar-refractivity contribution is 0.602. The van der Waals surface area contributed by atoms with E-state index in [-0.39, 0.29) is 11.4 Å². The number of hydrogen-bond acceptors (Lipinski definition) is 4. The maximum Gasteiger partial charge on any atom is 0.250 e. The SMILES string of the molecule is CS(=O)(=O)/N=C1C=C/C(=N\S(C)(=O)=O)c2ccccc2/1. The highest BCUT2D eigenvalue weighted by Gasteiger charge is 2.18. The number of sulfonamides is 2. The summed E-state index contributed by atoms with van der Waals surface area (Å²) in [4.78, 5) is 0. The van der Waals surface area contributed by atoms with Crippen molar-refractivity contribution in [1.29, 1.82) is 0 Å². The molecule has 6 nitrogen and oxygen atoms in total. The largest absolute Gasteiger partial charge is 0.250 e. The van der Waals surface area contributed by atoms with Gasteiger partial charge in [-0.05, 0) is 12.2 Å². The number of allylic oxidation sites excluding steroid dienone is 2. The number of rotatable bonds is 2. The minimum Gasteiger partial charge on any atom is -0.205 e. The average Bonchev–Trinajstić information content (AvgIpc) is 2.29. The second-order valence-corrected chi connectivity index (χ2v) is 7.60. The van der Waals surface area contributed by atoms with Crippen molar-refractivity contribution in [2.45, 2.75) is 0 Å². The summed E-state index contributed by atoms with van der Waals surface area (Å²) in [6.45, 7) is 0. The molecular weight excluding hydrogens is 300 g/mol. The molecule has 0 bridgehead atoms. The summed E-state index contributed by atoms with van der Waals surface area (Å²) in [6, 6.07) is 6.77. The fourth-order valence-corrected chi connectivity index (χ4v) is 2.82. The second-order valence-electron chi connectivity index (χ2n) is 4.30. The molecule has 20 heavy (non-hydrogen) atoms. The monoisotopic (exact) mass is 312 g/mol. The van der Waals surface area contributed by atoms with Gasteiger partial charge in [0.25, 0.3) is 20.0 Å². The third kappa shape index (κ3) is 3.61. The molecule has 0 saturated heterocycles. The van der Waals surface area contributed by atoms with E-state index in [4.69, 9.17) is 0 Å². The highest BCUT2D eigenvalue weighted by atomic mass is 32.2. The van der Waals surface area contributed by atoms with Crippen LogP contribution in [0.1, 0.15) is 11.1 Å². The van der Waals surface area contributed by atoms with E-state index in [2.05, 4.69) is 8.80 Å². The van der Waals surface area contributed by atoms with Crippen LogP contribution in [0.4, 0.5) is 0 Å². The van der Waals surface area contributed by atoms with Gasteiger partial charge in [-0.3, -0.25) is 0 Å². The van der Waals surface area contributed by atoms with Gasteiger partial charge in [0, 0.05) is 11.1 Å². The number of hydrogen-bond donors (Lipinski definition) is 0. The standard InChI is InChI=1S/C12H12N2O4S2/c1-19(15,16)13-11-7-8-12(14-20(2,17)18)10-6-4-3-5-9(10)11/h3-8H,1-2H3/b13-11-,14-12+. The van der Waals surface area contributed by atoms with E-state index < -0.39 is 20.0 Å². The summed E-state index contributed by atoms with van der Waals surface area (Å²) < 4.78 is 52.4. The van der Waals surface area contributed by atoms with Crippen molar-refractivity contribution in [3.63, 3.8) is 0 Å². The fourth-order valence-electron chi connectivity index (χ4n) is 1.78. The third-order valence-electron chi connectivity index (χ3n) is 2.41. The van der Waals surface area contributed by atoms with E-state index >= 15 is 0 Å². The second kappa shape index (κ2) is 4.95. The molecular formula is C12H12N2O4S2. The molecule has 106 valence electrons. The molecule has 1 aliphatic rings. The summed E-state index contributed by atoms with van der Waals surface area (Å²) in [5.41, 5.74) is 1.58. The van der Waals surface area contributed by atoms with E-state index in [0.29, 0.717) is 11.1 Å². The van der Waals surface area contributed by atoms with Crippen LogP contribution in [0.2, 0.25) is 0 Å². The van der Waals surface area contributed by atoms with Crippen molar-refractivity contribution in [2.24, 2.45) is 8.80 Å². The average molecular weight is 312 g/mol. The Kier molecular flexibility index (Phi) is 3.61. The van der Waals surface area contributed by atoms with Crippen LogP contribution in [0.25, 0.3) is 0 Å². The van der Waals surface area contributed by atoms with E-state index in [1.165, 1.54) is 12.2 Å². The minimum absolute atomic E-state index is 0.260. The first-order valence-electron chi connectivity index (χ1n) is 5.53. The van der Waals surface area contributed by atoms with Crippen molar-refractivity contribution >= 4 is 31.5 Å². The van der Waals surface area contributed by atoms with Crippen LogP contribution in [-0.2, 0) is 20.0 Å². The van der Waals surface area contributed by atoms with Crippen molar-refractivity contribution in [3.05, 3.63) is 47.5 Å². The minimum atomic E-state index is -3.54.